The van der Waals surface area contributed by atoms with Crippen molar-refractivity contribution < 1.29 is 14.3 Å². The summed E-state index contributed by atoms with van der Waals surface area (Å²) in [6.45, 7) is 1.51. The van der Waals surface area contributed by atoms with Crippen molar-refractivity contribution >= 4 is 11.8 Å². The minimum absolute atomic E-state index is 0.204. The second-order valence-electron chi connectivity index (χ2n) is 4.35. The maximum Gasteiger partial charge on any atom is 0.254 e. The van der Waals surface area contributed by atoms with Crippen molar-refractivity contribution in [1.29, 1.82) is 0 Å². The Kier molecular flexibility index (Phi) is 4.01. The maximum absolute atomic E-state index is 12.4. The summed E-state index contributed by atoms with van der Waals surface area (Å²) in [6, 6.07) is 6.26. The highest BCUT2D eigenvalue weighted by molar-refractivity contribution is 5.97. The van der Waals surface area contributed by atoms with Crippen LogP contribution >= 0.6 is 0 Å². The number of benzene rings is 1. The van der Waals surface area contributed by atoms with Crippen molar-refractivity contribution in [2.75, 3.05) is 26.7 Å². The van der Waals surface area contributed by atoms with Crippen LogP contribution in [0.5, 0.6) is 5.75 Å². The summed E-state index contributed by atoms with van der Waals surface area (Å²) in [6.07, 6.45) is 0. The van der Waals surface area contributed by atoms with Gasteiger partial charge < -0.3 is 20.7 Å². The number of rotatable bonds is 3. The highest BCUT2D eigenvalue weighted by Gasteiger charge is 2.31. The Morgan fingerprint density at radius 3 is 2.95 bits per heavy atom. The number of nitrogens with two attached hydrogens (primary N) is 1. The molecule has 0 radical (unpaired) electrons. The van der Waals surface area contributed by atoms with Crippen LogP contribution in [-0.4, -0.2) is 49.5 Å². The summed E-state index contributed by atoms with van der Waals surface area (Å²) in [7, 11) is 1.54. The molecule has 3 N–H and O–H groups in total. The Morgan fingerprint density at radius 1 is 1.47 bits per heavy atom. The van der Waals surface area contributed by atoms with Crippen LogP contribution in [0, 0.1) is 0 Å². The summed E-state index contributed by atoms with van der Waals surface area (Å²) in [5.74, 6) is -0.0933. The second-order valence-corrected chi connectivity index (χ2v) is 4.35. The zero-order valence-corrected chi connectivity index (χ0v) is 10.8. The number of methoxy groups -OCH3 is 1. The Hall–Kier alpha value is -2.08. The fraction of sp³-hybridized carbons (Fsp3) is 0.385. The number of nitrogens with one attached hydrogen (secondary N) is 1. The molecule has 1 heterocycles. The second kappa shape index (κ2) is 5.71. The molecule has 1 aliphatic rings. The van der Waals surface area contributed by atoms with E-state index >= 15 is 0 Å². The number of carbonyl (C=O) groups excluding carboxylic acids is 2. The summed E-state index contributed by atoms with van der Waals surface area (Å²) in [5.41, 5.74) is 5.83. The zero-order chi connectivity index (χ0) is 13.8. The first-order valence-corrected chi connectivity index (χ1v) is 6.08. The zero-order valence-electron chi connectivity index (χ0n) is 10.8. The van der Waals surface area contributed by atoms with Gasteiger partial charge in [0.05, 0.1) is 7.11 Å². The smallest absolute Gasteiger partial charge is 0.254 e. The van der Waals surface area contributed by atoms with Crippen molar-refractivity contribution in [3.63, 3.8) is 0 Å². The van der Waals surface area contributed by atoms with Gasteiger partial charge in [-0.3, -0.25) is 9.59 Å². The van der Waals surface area contributed by atoms with Crippen molar-refractivity contribution in [2.24, 2.45) is 5.73 Å². The van der Waals surface area contributed by atoms with Gasteiger partial charge in [0, 0.05) is 25.2 Å². The van der Waals surface area contributed by atoms with Crippen molar-refractivity contribution in [3.8, 4) is 5.75 Å². The first-order valence-electron chi connectivity index (χ1n) is 6.08. The average molecular weight is 263 g/mol. The molecule has 0 spiro atoms. The molecule has 0 aliphatic carbocycles. The van der Waals surface area contributed by atoms with E-state index in [9.17, 15) is 9.59 Å². The number of primary amides is 1. The minimum atomic E-state index is -0.604. The van der Waals surface area contributed by atoms with E-state index in [0.29, 0.717) is 30.9 Å². The molecule has 0 saturated carbocycles. The first kappa shape index (κ1) is 13.4. The van der Waals surface area contributed by atoms with Gasteiger partial charge in [0.1, 0.15) is 11.8 Å². The van der Waals surface area contributed by atoms with Gasteiger partial charge in [-0.15, -0.1) is 0 Å². The van der Waals surface area contributed by atoms with Crippen LogP contribution in [0.25, 0.3) is 0 Å². The molecule has 0 bridgehead atoms. The topological polar surface area (TPSA) is 84.7 Å². The third kappa shape index (κ3) is 2.85. The molecule has 2 rings (SSSR count). The molecule has 1 atom stereocenters. The highest BCUT2D eigenvalue weighted by Crippen LogP contribution is 2.16. The SMILES string of the molecule is COc1cccc(C(=O)N2CCNCC2C(N)=O)c1. The molecule has 1 fully saturated rings. The van der Waals surface area contributed by atoms with E-state index in [-0.39, 0.29) is 5.91 Å². The average Bonchev–Trinajstić information content (AvgIpc) is 2.46. The fourth-order valence-corrected chi connectivity index (χ4v) is 2.12. The number of hydrogen-bond donors (Lipinski definition) is 2. The van der Waals surface area contributed by atoms with E-state index in [0.717, 1.165) is 0 Å². The van der Waals surface area contributed by atoms with Crippen LogP contribution in [0.15, 0.2) is 24.3 Å². The largest absolute Gasteiger partial charge is 0.497 e. The Labute approximate surface area is 111 Å². The van der Waals surface area contributed by atoms with Crippen LogP contribution < -0.4 is 15.8 Å². The molecular weight excluding hydrogens is 246 g/mol. The summed E-state index contributed by atoms with van der Waals surface area (Å²) >= 11 is 0. The van der Waals surface area contributed by atoms with Crippen LogP contribution in [0.4, 0.5) is 0 Å². The maximum atomic E-state index is 12.4. The molecule has 6 nitrogen and oxygen atoms in total. The predicted molar refractivity (Wildman–Crippen MR) is 69.9 cm³/mol. The van der Waals surface area contributed by atoms with Gasteiger partial charge in [-0.25, -0.2) is 0 Å². The Bertz CT molecular complexity index is 490. The van der Waals surface area contributed by atoms with Gasteiger partial charge in [-0.05, 0) is 18.2 Å². The lowest BCUT2D eigenvalue weighted by Gasteiger charge is -2.34. The number of nitrogens with zero attached hydrogens (tertiary/aromatic N) is 1. The molecule has 1 aromatic carbocycles. The lowest BCUT2D eigenvalue weighted by Crippen LogP contribution is -2.58. The summed E-state index contributed by atoms with van der Waals surface area (Å²) in [4.78, 5) is 25.3. The molecule has 0 aromatic heterocycles. The van der Waals surface area contributed by atoms with E-state index < -0.39 is 11.9 Å². The molecule has 2 amide bonds. The van der Waals surface area contributed by atoms with E-state index in [1.165, 1.54) is 4.90 Å². The normalized spacial score (nSPS) is 19.0. The van der Waals surface area contributed by atoms with Gasteiger partial charge in [0.25, 0.3) is 5.91 Å². The van der Waals surface area contributed by atoms with E-state index in [4.69, 9.17) is 10.5 Å². The molecule has 1 saturated heterocycles. The van der Waals surface area contributed by atoms with Gasteiger partial charge in [-0.2, -0.15) is 0 Å². The van der Waals surface area contributed by atoms with Crippen LogP contribution in [0.2, 0.25) is 0 Å². The van der Waals surface area contributed by atoms with E-state index in [1.54, 1.807) is 31.4 Å². The third-order valence-electron chi connectivity index (χ3n) is 3.15. The lowest BCUT2D eigenvalue weighted by atomic mass is 10.1. The van der Waals surface area contributed by atoms with Gasteiger partial charge >= 0.3 is 0 Å². The van der Waals surface area contributed by atoms with Gasteiger partial charge in [0.15, 0.2) is 0 Å². The van der Waals surface area contributed by atoms with Crippen molar-refractivity contribution in [3.05, 3.63) is 29.8 Å². The standard InChI is InChI=1S/C13H17N3O3/c1-19-10-4-2-3-9(7-10)13(18)16-6-5-15-8-11(16)12(14)17/h2-4,7,11,15H,5-6,8H2,1H3,(H2,14,17). The number of hydrogen-bond acceptors (Lipinski definition) is 4. The quantitative estimate of drug-likeness (QED) is 0.776. The molecular formula is C13H17N3O3. The highest BCUT2D eigenvalue weighted by atomic mass is 16.5. The molecule has 1 aromatic rings. The van der Waals surface area contributed by atoms with Gasteiger partial charge in [-0.1, -0.05) is 6.07 Å². The number of ether oxygens (including phenoxy) is 1. The van der Waals surface area contributed by atoms with E-state index in [1.807, 2.05) is 0 Å². The van der Waals surface area contributed by atoms with Crippen molar-refractivity contribution in [2.45, 2.75) is 6.04 Å². The number of carbonyl (C=O) groups is 2. The molecule has 1 aliphatic heterocycles. The number of piperazine rings is 1. The summed E-state index contributed by atoms with van der Waals surface area (Å²) < 4.78 is 5.09. The van der Waals surface area contributed by atoms with Crippen LogP contribution in [0.3, 0.4) is 0 Å². The Morgan fingerprint density at radius 2 is 2.26 bits per heavy atom. The van der Waals surface area contributed by atoms with Crippen molar-refractivity contribution in [1.82, 2.24) is 10.2 Å². The van der Waals surface area contributed by atoms with E-state index in [2.05, 4.69) is 5.32 Å². The molecule has 19 heavy (non-hydrogen) atoms. The monoisotopic (exact) mass is 263 g/mol. The third-order valence-corrected chi connectivity index (χ3v) is 3.15. The first-order chi connectivity index (χ1) is 9.13. The Balaban J connectivity index is 2.23. The van der Waals surface area contributed by atoms with Crippen LogP contribution in [0.1, 0.15) is 10.4 Å². The molecule has 6 heteroatoms. The fourth-order valence-electron chi connectivity index (χ4n) is 2.12. The summed E-state index contributed by atoms with van der Waals surface area (Å²) in [5, 5.41) is 3.06. The predicted octanol–water partition coefficient (Wildman–Crippen LogP) is -0.405. The number of amides is 2. The van der Waals surface area contributed by atoms with Crippen LogP contribution in [-0.2, 0) is 4.79 Å². The van der Waals surface area contributed by atoms with Gasteiger partial charge in [0.2, 0.25) is 5.91 Å². The minimum Gasteiger partial charge on any atom is -0.497 e. The molecule has 1 unspecified atom stereocenters. The molecule has 102 valence electrons. The lowest BCUT2D eigenvalue weighted by molar-refractivity contribution is -0.122.